The van der Waals surface area contributed by atoms with Gasteiger partial charge in [-0.2, -0.15) is 13.2 Å². The van der Waals surface area contributed by atoms with Gasteiger partial charge >= 0.3 is 6.18 Å². The van der Waals surface area contributed by atoms with Crippen molar-refractivity contribution in [2.45, 2.75) is 19.1 Å². The van der Waals surface area contributed by atoms with Crippen LogP contribution in [0.25, 0.3) is 0 Å². The first-order valence-electron chi connectivity index (χ1n) is 5.93. The van der Waals surface area contributed by atoms with Crippen LogP contribution in [0.1, 0.15) is 22.3 Å². The van der Waals surface area contributed by atoms with E-state index in [9.17, 15) is 13.2 Å². The molecule has 0 saturated carbocycles. The minimum absolute atomic E-state index is 0.462. The fraction of sp³-hybridized carbons (Fsp3) is 0.200. The van der Waals surface area contributed by atoms with Gasteiger partial charge in [-0.15, -0.1) is 0 Å². The second kappa shape index (κ2) is 5.45. The molecule has 19 heavy (non-hydrogen) atoms. The van der Waals surface area contributed by atoms with Gasteiger partial charge in [-0.3, -0.25) is 0 Å². The summed E-state index contributed by atoms with van der Waals surface area (Å²) < 4.78 is 37.8. The third-order valence-electron chi connectivity index (χ3n) is 2.92. The largest absolute Gasteiger partial charge is 0.416 e. The summed E-state index contributed by atoms with van der Waals surface area (Å²) in [7, 11) is 0. The van der Waals surface area contributed by atoms with E-state index in [1.165, 1.54) is 12.1 Å². The number of rotatable bonds is 3. The molecule has 0 amide bonds. The third-order valence-corrected chi connectivity index (χ3v) is 2.92. The molecular weight excluding hydrogens is 251 g/mol. The van der Waals surface area contributed by atoms with Gasteiger partial charge < -0.3 is 5.73 Å². The average Bonchev–Trinajstić information content (AvgIpc) is 2.39. The van der Waals surface area contributed by atoms with Crippen molar-refractivity contribution < 1.29 is 13.2 Å². The summed E-state index contributed by atoms with van der Waals surface area (Å²) >= 11 is 0. The van der Waals surface area contributed by atoms with E-state index in [0.29, 0.717) is 18.5 Å². The molecule has 0 saturated heterocycles. The number of alkyl halides is 3. The molecule has 0 atom stereocenters. The Hall–Kier alpha value is -1.81. The summed E-state index contributed by atoms with van der Waals surface area (Å²) in [6.45, 7) is 0.462. The fourth-order valence-corrected chi connectivity index (χ4v) is 1.89. The van der Waals surface area contributed by atoms with E-state index < -0.39 is 11.7 Å². The molecule has 2 aromatic carbocycles. The fourth-order valence-electron chi connectivity index (χ4n) is 1.89. The summed E-state index contributed by atoms with van der Waals surface area (Å²) in [4.78, 5) is 0. The number of benzene rings is 2. The van der Waals surface area contributed by atoms with Gasteiger partial charge in [0.1, 0.15) is 0 Å². The maximum Gasteiger partial charge on any atom is 0.416 e. The molecule has 1 nitrogen and oxygen atoms in total. The topological polar surface area (TPSA) is 26.0 Å². The Balaban J connectivity index is 2.18. The molecule has 0 radical (unpaired) electrons. The average molecular weight is 265 g/mol. The van der Waals surface area contributed by atoms with Gasteiger partial charge in [-0.25, -0.2) is 0 Å². The number of halogens is 3. The Bertz CT molecular complexity index is 544. The lowest BCUT2D eigenvalue weighted by atomic mass is 10.0. The van der Waals surface area contributed by atoms with E-state index in [1.54, 1.807) is 6.07 Å². The SMILES string of the molecule is NCc1ccc(Cc2cccc(C(F)(F)F)c2)cc1. The van der Waals surface area contributed by atoms with Gasteiger partial charge in [0, 0.05) is 6.54 Å². The van der Waals surface area contributed by atoms with Crippen LogP contribution in [-0.2, 0) is 19.1 Å². The van der Waals surface area contributed by atoms with E-state index in [1.807, 2.05) is 24.3 Å². The van der Waals surface area contributed by atoms with Gasteiger partial charge in [0.05, 0.1) is 5.56 Å². The Labute approximate surface area is 109 Å². The summed E-state index contributed by atoms with van der Waals surface area (Å²) in [5.41, 5.74) is 7.51. The van der Waals surface area contributed by atoms with Gasteiger partial charge in [-0.05, 0) is 29.2 Å². The van der Waals surface area contributed by atoms with Crippen molar-refractivity contribution >= 4 is 0 Å². The molecule has 2 aromatic rings. The molecule has 0 spiro atoms. The van der Waals surface area contributed by atoms with Crippen LogP contribution in [0.3, 0.4) is 0 Å². The highest BCUT2D eigenvalue weighted by Crippen LogP contribution is 2.29. The zero-order valence-corrected chi connectivity index (χ0v) is 10.2. The highest BCUT2D eigenvalue weighted by molar-refractivity contribution is 5.32. The molecule has 0 aliphatic rings. The Kier molecular flexibility index (Phi) is 3.90. The zero-order chi connectivity index (χ0) is 13.9. The highest BCUT2D eigenvalue weighted by atomic mass is 19.4. The minimum Gasteiger partial charge on any atom is -0.326 e. The predicted molar refractivity (Wildman–Crippen MR) is 68.6 cm³/mol. The van der Waals surface area contributed by atoms with Crippen LogP contribution >= 0.6 is 0 Å². The van der Waals surface area contributed by atoms with Crippen LogP contribution in [0.4, 0.5) is 13.2 Å². The molecule has 0 bridgehead atoms. The lowest BCUT2D eigenvalue weighted by Gasteiger charge is -2.09. The van der Waals surface area contributed by atoms with Crippen LogP contribution in [-0.4, -0.2) is 0 Å². The molecule has 2 N–H and O–H groups in total. The lowest BCUT2D eigenvalue weighted by Crippen LogP contribution is -2.05. The van der Waals surface area contributed by atoms with Gasteiger partial charge in [0.2, 0.25) is 0 Å². The van der Waals surface area contributed by atoms with Crippen molar-refractivity contribution in [2.75, 3.05) is 0 Å². The third kappa shape index (κ3) is 3.58. The molecule has 0 aromatic heterocycles. The van der Waals surface area contributed by atoms with Gasteiger partial charge in [-0.1, -0.05) is 42.5 Å². The van der Waals surface area contributed by atoms with Crippen LogP contribution in [0.2, 0.25) is 0 Å². The van der Waals surface area contributed by atoms with Crippen LogP contribution in [0.15, 0.2) is 48.5 Å². The monoisotopic (exact) mass is 265 g/mol. The molecule has 0 fully saturated rings. The number of nitrogens with two attached hydrogens (primary N) is 1. The van der Waals surface area contributed by atoms with Crippen molar-refractivity contribution in [2.24, 2.45) is 5.73 Å². The molecule has 100 valence electrons. The Morgan fingerprint density at radius 1 is 0.842 bits per heavy atom. The van der Waals surface area contributed by atoms with Crippen molar-refractivity contribution in [3.8, 4) is 0 Å². The molecule has 0 unspecified atom stereocenters. The van der Waals surface area contributed by atoms with Crippen molar-refractivity contribution in [3.63, 3.8) is 0 Å². The maximum atomic E-state index is 12.6. The molecule has 2 rings (SSSR count). The second-order valence-corrected chi connectivity index (χ2v) is 4.40. The van der Waals surface area contributed by atoms with E-state index in [4.69, 9.17) is 5.73 Å². The van der Waals surface area contributed by atoms with Crippen LogP contribution in [0, 0.1) is 0 Å². The summed E-state index contributed by atoms with van der Waals surface area (Å²) in [5.74, 6) is 0. The standard InChI is InChI=1S/C15H14F3N/c16-15(17,18)14-3-1-2-13(9-14)8-11-4-6-12(10-19)7-5-11/h1-7,9H,8,10,19H2. The summed E-state index contributed by atoms with van der Waals surface area (Å²) in [5, 5.41) is 0. The maximum absolute atomic E-state index is 12.6. The second-order valence-electron chi connectivity index (χ2n) is 4.40. The summed E-state index contributed by atoms with van der Waals surface area (Å²) in [6.07, 6.45) is -3.81. The highest BCUT2D eigenvalue weighted by Gasteiger charge is 2.30. The van der Waals surface area contributed by atoms with Crippen molar-refractivity contribution in [1.29, 1.82) is 0 Å². The quantitative estimate of drug-likeness (QED) is 0.898. The lowest BCUT2D eigenvalue weighted by molar-refractivity contribution is -0.137. The Morgan fingerprint density at radius 2 is 1.47 bits per heavy atom. The number of hydrogen-bond acceptors (Lipinski definition) is 1. The molecule has 0 heterocycles. The van der Waals surface area contributed by atoms with Gasteiger partial charge in [0.15, 0.2) is 0 Å². The van der Waals surface area contributed by atoms with E-state index in [-0.39, 0.29) is 0 Å². The van der Waals surface area contributed by atoms with Gasteiger partial charge in [0.25, 0.3) is 0 Å². The van der Waals surface area contributed by atoms with E-state index >= 15 is 0 Å². The molecule has 0 aliphatic heterocycles. The van der Waals surface area contributed by atoms with E-state index in [0.717, 1.165) is 17.2 Å². The molecule has 0 aliphatic carbocycles. The van der Waals surface area contributed by atoms with Crippen LogP contribution < -0.4 is 5.73 Å². The van der Waals surface area contributed by atoms with Crippen molar-refractivity contribution in [3.05, 3.63) is 70.8 Å². The minimum atomic E-state index is -4.29. The van der Waals surface area contributed by atoms with Crippen molar-refractivity contribution in [1.82, 2.24) is 0 Å². The first-order valence-corrected chi connectivity index (χ1v) is 5.93. The predicted octanol–water partition coefficient (Wildman–Crippen LogP) is 3.75. The first-order chi connectivity index (χ1) is 8.99. The molecular formula is C15H14F3N. The van der Waals surface area contributed by atoms with E-state index in [2.05, 4.69) is 0 Å². The first kappa shape index (κ1) is 13.6. The molecule has 4 heteroatoms. The smallest absolute Gasteiger partial charge is 0.326 e. The zero-order valence-electron chi connectivity index (χ0n) is 10.2. The summed E-state index contributed by atoms with van der Waals surface area (Å²) in [6, 6.07) is 13.0. The van der Waals surface area contributed by atoms with Crippen LogP contribution in [0.5, 0.6) is 0 Å². The Morgan fingerprint density at radius 3 is 2.05 bits per heavy atom. The number of hydrogen-bond donors (Lipinski definition) is 1. The normalized spacial score (nSPS) is 11.6.